The number of ether oxygens (including phenoxy) is 1. The summed E-state index contributed by atoms with van der Waals surface area (Å²) in [7, 11) is 1.84. The minimum atomic E-state index is 0. The number of nitrogens with zero attached hydrogens (tertiary/aromatic N) is 3. The lowest BCUT2D eigenvalue weighted by Gasteiger charge is -2.30. The molecule has 0 saturated carbocycles. The van der Waals surface area contributed by atoms with Crippen LogP contribution < -0.4 is 10.6 Å². The van der Waals surface area contributed by atoms with E-state index < -0.39 is 0 Å². The monoisotopic (exact) mass is 453 g/mol. The van der Waals surface area contributed by atoms with Crippen molar-refractivity contribution in [1.29, 1.82) is 0 Å². The first kappa shape index (κ1) is 21.9. The molecule has 2 fully saturated rings. The molecule has 0 spiro atoms. The van der Waals surface area contributed by atoms with Crippen molar-refractivity contribution in [2.75, 3.05) is 72.6 Å². The highest BCUT2D eigenvalue weighted by Crippen LogP contribution is 2.15. The molecule has 7 heteroatoms. The molecule has 6 nitrogen and oxygen atoms in total. The highest BCUT2D eigenvalue weighted by molar-refractivity contribution is 14.0. The molecule has 24 heavy (non-hydrogen) atoms. The van der Waals surface area contributed by atoms with Gasteiger partial charge in [0.15, 0.2) is 5.96 Å². The molecule has 2 rings (SSSR count). The molecule has 0 aromatic heterocycles. The van der Waals surface area contributed by atoms with Crippen molar-refractivity contribution in [1.82, 2.24) is 20.4 Å². The quantitative estimate of drug-likeness (QED) is 0.263. The summed E-state index contributed by atoms with van der Waals surface area (Å²) in [6, 6.07) is 0. The van der Waals surface area contributed by atoms with Gasteiger partial charge in [-0.25, -0.2) is 0 Å². The fraction of sp³-hybridized carbons (Fsp3) is 0.941. The molecule has 2 aliphatic heterocycles. The van der Waals surface area contributed by atoms with E-state index in [9.17, 15) is 0 Å². The van der Waals surface area contributed by atoms with Gasteiger partial charge in [-0.15, -0.1) is 24.0 Å². The number of morpholine rings is 1. The first-order valence-corrected chi connectivity index (χ1v) is 9.25. The van der Waals surface area contributed by atoms with Gasteiger partial charge >= 0.3 is 0 Å². The SMILES string of the molecule is CN=C(NCCCN1CCCC(C)C1)NCCN1CCOCC1.I. The zero-order valence-electron chi connectivity index (χ0n) is 15.4. The van der Waals surface area contributed by atoms with Crippen LogP contribution in [-0.4, -0.2) is 88.4 Å². The Morgan fingerprint density at radius 2 is 1.83 bits per heavy atom. The van der Waals surface area contributed by atoms with Crippen LogP contribution in [0, 0.1) is 5.92 Å². The summed E-state index contributed by atoms with van der Waals surface area (Å²) in [6.45, 7) is 12.9. The Labute approximate surface area is 164 Å². The number of hydrogen-bond acceptors (Lipinski definition) is 4. The van der Waals surface area contributed by atoms with Crippen molar-refractivity contribution >= 4 is 29.9 Å². The lowest BCUT2D eigenvalue weighted by atomic mass is 10.0. The number of aliphatic imine (C=N–C) groups is 1. The molecular formula is C17H36IN5O. The van der Waals surface area contributed by atoms with E-state index in [-0.39, 0.29) is 24.0 Å². The molecule has 0 aromatic carbocycles. The first-order chi connectivity index (χ1) is 11.3. The molecule has 0 aliphatic carbocycles. The summed E-state index contributed by atoms with van der Waals surface area (Å²) in [5, 5.41) is 6.83. The molecule has 0 amide bonds. The third-order valence-corrected chi connectivity index (χ3v) is 4.73. The second-order valence-electron chi connectivity index (χ2n) is 6.78. The molecule has 1 atom stereocenters. The van der Waals surface area contributed by atoms with Crippen LogP contribution in [0.3, 0.4) is 0 Å². The number of halogens is 1. The van der Waals surface area contributed by atoms with Gasteiger partial charge < -0.3 is 20.3 Å². The van der Waals surface area contributed by atoms with Crippen molar-refractivity contribution in [2.45, 2.75) is 26.2 Å². The van der Waals surface area contributed by atoms with Gasteiger partial charge in [-0.05, 0) is 38.3 Å². The number of nitrogens with one attached hydrogen (secondary N) is 2. The van der Waals surface area contributed by atoms with Gasteiger partial charge in [0.1, 0.15) is 0 Å². The smallest absolute Gasteiger partial charge is 0.191 e. The van der Waals surface area contributed by atoms with Crippen LogP contribution in [0.1, 0.15) is 26.2 Å². The van der Waals surface area contributed by atoms with Crippen molar-refractivity contribution in [3.8, 4) is 0 Å². The third-order valence-electron chi connectivity index (χ3n) is 4.73. The Balaban J connectivity index is 0.00000288. The molecule has 2 heterocycles. The summed E-state index contributed by atoms with van der Waals surface area (Å²) in [6.07, 6.45) is 3.94. The van der Waals surface area contributed by atoms with Crippen LogP contribution in [0.15, 0.2) is 4.99 Å². The lowest BCUT2D eigenvalue weighted by molar-refractivity contribution is 0.0389. The van der Waals surface area contributed by atoms with E-state index in [1.165, 1.54) is 38.9 Å². The van der Waals surface area contributed by atoms with E-state index >= 15 is 0 Å². The van der Waals surface area contributed by atoms with Crippen molar-refractivity contribution in [2.24, 2.45) is 10.9 Å². The minimum absolute atomic E-state index is 0. The standard InChI is InChI=1S/C17H35N5O.HI/c1-16-5-3-8-22(15-16)9-4-6-19-17(18-2)20-7-10-21-11-13-23-14-12-21;/h16H,3-15H2,1-2H3,(H2,18,19,20);1H. The van der Waals surface area contributed by atoms with Crippen molar-refractivity contribution in [3.05, 3.63) is 0 Å². The first-order valence-electron chi connectivity index (χ1n) is 9.25. The van der Waals surface area contributed by atoms with E-state index in [1.807, 2.05) is 7.05 Å². The zero-order chi connectivity index (χ0) is 16.3. The van der Waals surface area contributed by atoms with Gasteiger partial charge in [0.05, 0.1) is 13.2 Å². The van der Waals surface area contributed by atoms with Crippen LogP contribution in [-0.2, 0) is 4.74 Å². The van der Waals surface area contributed by atoms with E-state index in [0.29, 0.717) is 0 Å². The van der Waals surface area contributed by atoms with Gasteiger partial charge in [0.2, 0.25) is 0 Å². The maximum atomic E-state index is 5.37. The van der Waals surface area contributed by atoms with Crippen LogP contribution in [0.2, 0.25) is 0 Å². The van der Waals surface area contributed by atoms with Gasteiger partial charge in [-0.3, -0.25) is 9.89 Å². The topological polar surface area (TPSA) is 52.1 Å². The Hall–Kier alpha value is -0.120. The Bertz CT molecular complexity index is 350. The number of piperidine rings is 1. The average molecular weight is 453 g/mol. The van der Waals surface area contributed by atoms with Gasteiger partial charge in [-0.1, -0.05) is 6.92 Å². The minimum Gasteiger partial charge on any atom is -0.379 e. The van der Waals surface area contributed by atoms with Gasteiger partial charge in [0, 0.05) is 46.3 Å². The fourth-order valence-corrected chi connectivity index (χ4v) is 3.38. The Kier molecular flexibility index (Phi) is 12.0. The molecular weight excluding hydrogens is 417 g/mol. The summed E-state index contributed by atoms with van der Waals surface area (Å²) in [5.41, 5.74) is 0. The molecule has 2 saturated heterocycles. The van der Waals surface area contributed by atoms with Crippen molar-refractivity contribution < 1.29 is 4.74 Å². The summed E-state index contributed by atoms with van der Waals surface area (Å²) in [4.78, 5) is 9.34. The number of likely N-dealkylation sites (tertiary alicyclic amines) is 1. The number of hydrogen-bond donors (Lipinski definition) is 2. The second kappa shape index (κ2) is 13.1. The highest BCUT2D eigenvalue weighted by atomic mass is 127. The molecule has 142 valence electrons. The average Bonchev–Trinajstić information content (AvgIpc) is 2.58. The van der Waals surface area contributed by atoms with Crippen LogP contribution in [0.25, 0.3) is 0 Å². The molecule has 1 unspecified atom stereocenters. The molecule has 0 aromatic rings. The van der Waals surface area contributed by atoms with E-state index in [4.69, 9.17) is 4.74 Å². The fourth-order valence-electron chi connectivity index (χ4n) is 3.38. The van der Waals surface area contributed by atoms with Crippen LogP contribution >= 0.6 is 24.0 Å². The summed E-state index contributed by atoms with van der Waals surface area (Å²) >= 11 is 0. The lowest BCUT2D eigenvalue weighted by Crippen LogP contribution is -2.45. The molecule has 0 radical (unpaired) electrons. The van der Waals surface area contributed by atoms with E-state index in [0.717, 1.165) is 57.8 Å². The van der Waals surface area contributed by atoms with Gasteiger partial charge in [0.25, 0.3) is 0 Å². The predicted molar refractivity (Wildman–Crippen MR) is 111 cm³/mol. The molecule has 2 aliphatic rings. The maximum absolute atomic E-state index is 5.37. The Morgan fingerprint density at radius 3 is 2.54 bits per heavy atom. The summed E-state index contributed by atoms with van der Waals surface area (Å²) in [5.74, 6) is 1.79. The van der Waals surface area contributed by atoms with E-state index in [2.05, 4.69) is 32.3 Å². The molecule has 0 bridgehead atoms. The Morgan fingerprint density at radius 1 is 1.08 bits per heavy atom. The number of rotatable bonds is 7. The van der Waals surface area contributed by atoms with Crippen molar-refractivity contribution in [3.63, 3.8) is 0 Å². The normalized spacial score (nSPS) is 23.6. The van der Waals surface area contributed by atoms with Gasteiger partial charge in [-0.2, -0.15) is 0 Å². The maximum Gasteiger partial charge on any atom is 0.191 e. The van der Waals surface area contributed by atoms with Crippen LogP contribution in [0.4, 0.5) is 0 Å². The van der Waals surface area contributed by atoms with E-state index in [1.54, 1.807) is 0 Å². The second-order valence-corrected chi connectivity index (χ2v) is 6.78. The molecule has 2 N–H and O–H groups in total. The largest absolute Gasteiger partial charge is 0.379 e. The number of guanidine groups is 1. The third kappa shape index (κ3) is 8.82. The highest BCUT2D eigenvalue weighted by Gasteiger charge is 2.15. The summed E-state index contributed by atoms with van der Waals surface area (Å²) < 4.78 is 5.37. The predicted octanol–water partition coefficient (Wildman–Crippen LogP) is 1.22. The zero-order valence-corrected chi connectivity index (χ0v) is 17.8. The van der Waals surface area contributed by atoms with Crippen LogP contribution in [0.5, 0.6) is 0 Å².